The van der Waals surface area contributed by atoms with E-state index in [1.54, 1.807) is 17.0 Å². The second-order valence-electron chi connectivity index (χ2n) is 9.09. The summed E-state index contributed by atoms with van der Waals surface area (Å²) in [7, 11) is 0. The number of hydrogen-bond acceptors (Lipinski definition) is 5. The Hall–Kier alpha value is -3.17. The van der Waals surface area contributed by atoms with E-state index < -0.39 is 11.0 Å². The Kier molecular flexibility index (Phi) is 11.4. The Labute approximate surface area is 236 Å². The highest BCUT2D eigenvalue weighted by Gasteiger charge is 2.30. The van der Waals surface area contributed by atoms with Crippen LogP contribution in [0, 0.1) is 10.1 Å². The van der Waals surface area contributed by atoms with Crippen LogP contribution in [0.3, 0.4) is 0 Å². The second-order valence-corrected chi connectivity index (χ2v) is 11.0. The van der Waals surface area contributed by atoms with Crippen LogP contribution in [0.5, 0.6) is 0 Å². The van der Waals surface area contributed by atoms with Crippen molar-refractivity contribution < 1.29 is 14.5 Å². The molecule has 0 aliphatic rings. The summed E-state index contributed by atoms with van der Waals surface area (Å²) in [4.78, 5) is 39.3. The lowest BCUT2D eigenvalue weighted by Crippen LogP contribution is -2.52. The van der Waals surface area contributed by atoms with Crippen LogP contribution in [0.1, 0.15) is 37.0 Å². The monoisotopic (exact) mass is 597 g/mol. The Bertz CT molecular complexity index is 1210. The van der Waals surface area contributed by atoms with E-state index in [1.165, 1.54) is 23.9 Å². The molecular weight excluding hydrogens is 566 g/mol. The number of thioether (sulfide) groups is 1. The first kappa shape index (κ1) is 29.4. The summed E-state index contributed by atoms with van der Waals surface area (Å²) < 4.78 is 0.938. The van der Waals surface area contributed by atoms with Crippen molar-refractivity contribution in [3.05, 3.63) is 110 Å². The Balaban J connectivity index is 1.82. The molecule has 200 valence electrons. The first-order valence-corrected chi connectivity index (χ1v) is 14.4. The van der Waals surface area contributed by atoms with Crippen molar-refractivity contribution in [1.82, 2.24) is 10.2 Å². The number of hydrogen-bond donors (Lipinski definition) is 1. The predicted molar refractivity (Wildman–Crippen MR) is 156 cm³/mol. The molecule has 0 aromatic heterocycles. The molecule has 2 atom stereocenters. The minimum absolute atomic E-state index is 0.0121. The summed E-state index contributed by atoms with van der Waals surface area (Å²) in [5, 5.41) is 14.0. The molecule has 9 heteroatoms. The standard InChI is InChI=1S/C29H32BrN3O4S/c1-3-21(2)31-29(35)27(17-22-7-5-4-6-8-22)32(18-23-9-13-25(30)14-10-23)28(34)20-38-19-24-11-15-26(16-12-24)33(36)37/h4-16,21,27H,3,17-20H2,1-2H3,(H,31,35)/t21-,27-/m0/s1. The fraction of sp³-hybridized carbons (Fsp3) is 0.310. The summed E-state index contributed by atoms with van der Waals surface area (Å²) in [5.74, 6) is 0.391. The SMILES string of the molecule is CC[C@H](C)NC(=O)[C@H](Cc1ccccc1)N(Cc1ccc(Br)cc1)C(=O)CSCc1ccc([N+](=O)[O-])cc1. The highest BCUT2D eigenvalue weighted by Crippen LogP contribution is 2.21. The topological polar surface area (TPSA) is 92.6 Å². The van der Waals surface area contributed by atoms with E-state index >= 15 is 0 Å². The van der Waals surface area contributed by atoms with Crippen LogP contribution >= 0.6 is 27.7 Å². The Morgan fingerprint density at radius 1 is 0.974 bits per heavy atom. The summed E-state index contributed by atoms with van der Waals surface area (Å²) >= 11 is 4.88. The van der Waals surface area contributed by atoms with Crippen molar-refractivity contribution in [1.29, 1.82) is 0 Å². The lowest BCUT2D eigenvalue weighted by atomic mass is 10.0. The largest absolute Gasteiger partial charge is 0.352 e. The van der Waals surface area contributed by atoms with E-state index in [4.69, 9.17) is 0 Å². The molecule has 0 bridgehead atoms. The van der Waals surface area contributed by atoms with E-state index in [0.29, 0.717) is 18.7 Å². The zero-order valence-electron chi connectivity index (χ0n) is 21.5. The number of rotatable bonds is 13. The van der Waals surface area contributed by atoms with Crippen LogP contribution in [0.4, 0.5) is 5.69 Å². The van der Waals surface area contributed by atoms with Crippen LogP contribution in [0.2, 0.25) is 0 Å². The van der Waals surface area contributed by atoms with Gasteiger partial charge in [0.15, 0.2) is 0 Å². The number of non-ortho nitro benzene ring substituents is 1. The van der Waals surface area contributed by atoms with Gasteiger partial charge in [-0.25, -0.2) is 0 Å². The molecule has 3 aromatic rings. The first-order chi connectivity index (χ1) is 18.3. The minimum atomic E-state index is -0.678. The zero-order valence-corrected chi connectivity index (χ0v) is 23.9. The zero-order chi connectivity index (χ0) is 27.5. The Morgan fingerprint density at radius 3 is 2.21 bits per heavy atom. The van der Waals surface area contributed by atoms with Crippen LogP contribution in [0.15, 0.2) is 83.3 Å². The van der Waals surface area contributed by atoms with E-state index in [1.807, 2.05) is 68.4 Å². The molecule has 0 saturated carbocycles. The van der Waals surface area contributed by atoms with Gasteiger partial charge in [0.25, 0.3) is 5.69 Å². The third-order valence-electron chi connectivity index (χ3n) is 6.18. The van der Waals surface area contributed by atoms with E-state index in [0.717, 1.165) is 27.6 Å². The lowest BCUT2D eigenvalue weighted by molar-refractivity contribution is -0.384. The van der Waals surface area contributed by atoms with Crippen molar-refractivity contribution in [2.45, 2.75) is 51.1 Å². The molecule has 0 aliphatic carbocycles. The van der Waals surface area contributed by atoms with Crippen LogP contribution in [-0.4, -0.2) is 39.5 Å². The summed E-state index contributed by atoms with van der Waals surface area (Å²) in [5.41, 5.74) is 2.83. The molecule has 38 heavy (non-hydrogen) atoms. The second kappa shape index (κ2) is 14.7. The predicted octanol–water partition coefficient (Wildman–Crippen LogP) is 6.15. The molecule has 0 fully saturated rings. The first-order valence-electron chi connectivity index (χ1n) is 12.5. The molecule has 0 spiro atoms. The fourth-order valence-electron chi connectivity index (χ4n) is 3.83. The van der Waals surface area contributed by atoms with Crippen LogP contribution in [0.25, 0.3) is 0 Å². The van der Waals surface area contributed by atoms with Gasteiger partial charge in [0.05, 0.1) is 10.7 Å². The van der Waals surface area contributed by atoms with Crippen molar-refractivity contribution in [2.24, 2.45) is 0 Å². The molecule has 7 nitrogen and oxygen atoms in total. The fourth-order valence-corrected chi connectivity index (χ4v) is 4.97. The van der Waals surface area contributed by atoms with Gasteiger partial charge in [0.1, 0.15) is 6.04 Å². The van der Waals surface area contributed by atoms with Gasteiger partial charge in [-0.3, -0.25) is 19.7 Å². The third kappa shape index (κ3) is 8.99. The molecular formula is C29H32BrN3O4S. The molecule has 2 amide bonds. The van der Waals surface area contributed by atoms with Crippen LogP contribution < -0.4 is 5.32 Å². The minimum Gasteiger partial charge on any atom is -0.352 e. The van der Waals surface area contributed by atoms with E-state index in [2.05, 4.69) is 21.2 Å². The molecule has 0 aliphatic heterocycles. The van der Waals surface area contributed by atoms with Gasteiger partial charge in [-0.2, -0.15) is 0 Å². The lowest BCUT2D eigenvalue weighted by Gasteiger charge is -2.32. The van der Waals surface area contributed by atoms with Gasteiger partial charge in [0.2, 0.25) is 11.8 Å². The maximum atomic E-state index is 13.7. The maximum absolute atomic E-state index is 13.7. The van der Waals surface area contributed by atoms with Crippen molar-refractivity contribution in [3.63, 3.8) is 0 Å². The number of nitrogens with one attached hydrogen (secondary N) is 1. The molecule has 0 radical (unpaired) electrons. The maximum Gasteiger partial charge on any atom is 0.269 e. The van der Waals surface area contributed by atoms with Gasteiger partial charge < -0.3 is 10.2 Å². The molecule has 1 N–H and O–H groups in total. The number of benzene rings is 3. The van der Waals surface area contributed by atoms with Gasteiger partial charge in [-0.1, -0.05) is 77.5 Å². The number of amides is 2. The van der Waals surface area contributed by atoms with Crippen LogP contribution in [-0.2, 0) is 28.3 Å². The quantitative estimate of drug-likeness (QED) is 0.188. The highest BCUT2D eigenvalue weighted by molar-refractivity contribution is 9.10. The van der Waals surface area contributed by atoms with Crippen molar-refractivity contribution >= 4 is 45.2 Å². The summed E-state index contributed by atoms with van der Waals surface area (Å²) in [6, 6.07) is 23.1. The average Bonchev–Trinajstić information content (AvgIpc) is 2.92. The molecule has 3 aromatic carbocycles. The van der Waals surface area contributed by atoms with Gasteiger partial charge in [-0.15, -0.1) is 11.8 Å². The third-order valence-corrected chi connectivity index (χ3v) is 7.70. The van der Waals surface area contributed by atoms with Crippen molar-refractivity contribution in [3.8, 4) is 0 Å². The summed E-state index contributed by atoms with van der Waals surface area (Å²) in [6.45, 7) is 4.27. The number of nitro benzene ring substituents is 1. The number of nitrogens with zero attached hydrogens (tertiary/aromatic N) is 2. The Morgan fingerprint density at radius 2 is 1.61 bits per heavy atom. The molecule has 0 saturated heterocycles. The van der Waals surface area contributed by atoms with Crippen molar-refractivity contribution in [2.75, 3.05) is 5.75 Å². The van der Waals surface area contributed by atoms with Gasteiger partial charge in [-0.05, 0) is 42.2 Å². The summed E-state index contributed by atoms with van der Waals surface area (Å²) in [6.07, 6.45) is 1.19. The van der Waals surface area contributed by atoms with E-state index in [-0.39, 0.29) is 29.3 Å². The molecule has 0 heterocycles. The average molecular weight is 599 g/mol. The number of carbonyl (C=O) groups excluding carboxylic acids is 2. The van der Waals surface area contributed by atoms with E-state index in [9.17, 15) is 19.7 Å². The van der Waals surface area contributed by atoms with Gasteiger partial charge >= 0.3 is 0 Å². The molecule has 0 unspecified atom stereocenters. The number of nitro groups is 1. The normalized spacial score (nSPS) is 12.4. The highest BCUT2D eigenvalue weighted by atomic mass is 79.9. The number of halogens is 1. The van der Waals surface area contributed by atoms with Gasteiger partial charge in [0, 0.05) is 41.4 Å². The number of carbonyl (C=O) groups is 2. The smallest absolute Gasteiger partial charge is 0.269 e. The molecule has 3 rings (SSSR count).